The molecule has 4 nitrogen and oxygen atoms in total. The van der Waals surface area contributed by atoms with Crippen LogP contribution in [0.4, 0.5) is 0 Å². The van der Waals surface area contributed by atoms with Crippen molar-refractivity contribution < 1.29 is 9.53 Å². The van der Waals surface area contributed by atoms with Crippen LogP contribution in [0.3, 0.4) is 0 Å². The first-order chi connectivity index (χ1) is 12.8. The molecule has 2 aromatic carbocycles. The molecule has 2 heterocycles. The van der Waals surface area contributed by atoms with Crippen LogP contribution in [0.25, 0.3) is 6.08 Å². The van der Waals surface area contributed by atoms with E-state index in [1.807, 2.05) is 29.2 Å². The molecule has 0 aliphatic carbocycles. The topological polar surface area (TPSA) is 32.8 Å². The molecule has 4 heteroatoms. The maximum absolute atomic E-state index is 12.5. The summed E-state index contributed by atoms with van der Waals surface area (Å²) in [4.78, 5) is 16.8. The van der Waals surface area contributed by atoms with E-state index in [1.54, 1.807) is 6.08 Å². The SMILES string of the molecule is O=C(/C=C/c1ccc2c(c1)CCO2)N1CCN(Cc2ccccc2)CC1. The minimum absolute atomic E-state index is 0.0982. The van der Waals surface area contributed by atoms with Gasteiger partial charge in [-0.15, -0.1) is 0 Å². The highest BCUT2D eigenvalue weighted by Gasteiger charge is 2.19. The fourth-order valence-corrected chi connectivity index (χ4v) is 3.55. The minimum atomic E-state index is 0.0982. The molecule has 0 bridgehead atoms. The number of amides is 1. The summed E-state index contributed by atoms with van der Waals surface area (Å²) in [6.45, 7) is 5.13. The van der Waals surface area contributed by atoms with Gasteiger partial charge in [-0.2, -0.15) is 0 Å². The van der Waals surface area contributed by atoms with Gasteiger partial charge < -0.3 is 9.64 Å². The van der Waals surface area contributed by atoms with Crippen molar-refractivity contribution in [1.82, 2.24) is 9.80 Å². The van der Waals surface area contributed by atoms with Crippen LogP contribution >= 0.6 is 0 Å². The Kier molecular flexibility index (Phi) is 5.02. The summed E-state index contributed by atoms with van der Waals surface area (Å²) >= 11 is 0. The highest BCUT2D eigenvalue weighted by molar-refractivity contribution is 5.91. The largest absolute Gasteiger partial charge is 0.493 e. The lowest BCUT2D eigenvalue weighted by Gasteiger charge is -2.34. The third-order valence-corrected chi connectivity index (χ3v) is 5.06. The maximum atomic E-state index is 12.5. The smallest absolute Gasteiger partial charge is 0.246 e. The summed E-state index contributed by atoms with van der Waals surface area (Å²) in [6.07, 6.45) is 4.57. The molecule has 0 radical (unpaired) electrons. The van der Waals surface area contributed by atoms with Gasteiger partial charge in [0.25, 0.3) is 0 Å². The standard InChI is InChI=1S/C22H24N2O2/c25-22(9-7-18-6-8-21-20(16-18)10-15-26-21)24-13-11-23(12-14-24)17-19-4-2-1-3-5-19/h1-9,16H,10-15,17H2/b9-7+. The average molecular weight is 348 g/mol. The van der Waals surface area contributed by atoms with Gasteiger partial charge in [-0.1, -0.05) is 36.4 Å². The van der Waals surface area contributed by atoms with E-state index < -0.39 is 0 Å². The van der Waals surface area contributed by atoms with Gasteiger partial charge in [-0.3, -0.25) is 9.69 Å². The Hall–Kier alpha value is -2.59. The number of benzene rings is 2. The monoisotopic (exact) mass is 348 g/mol. The molecule has 0 atom stereocenters. The van der Waals surface area contributed by atoms with Gasteiger partial charge in [0.15, 0.2) is 0 Å². The number of hydrogen-bond donors (Lipinski definition) is 0. The number of carbonyl (C=O) groups excluding carboxylic acids is 1. The molecule has 134 valence electrons. The van der Waals surface area contributed by atoms with E-state index >= 15 is 0 Å². The first kappa shape index (κ1) is 16.9. The third kappa shape index (κ3) is 3.97. The van der Waals surface area contributed by atoms with Gasteiger partial charge in [0.2, 0.25) is 5.91 Å². The molecule has 1 amide bonds. The van der Waals surface area contributed by atoms with Crippen molar-refractivity contribution in [1.29, 1.82) is 0 Å². The van der Waals surface area contributed by atoms with Crippen LogP contribution in [0.15, 0.2) is 54.6 Å². The summed E-state index contributed by atoms with van der Waals surface area (Å²) in [5.74, 6) is 1.07. The zero-order valence-corrected chi connectivity index (χ0v) is 14.9. The van der Waals surface area contributed by atoms with Crippen molar-refractivity contribution >= 4 is 12.0 Å². The predicted octanol–water partition coefficient (Wildman–Crippen LogP) is 2.98. The Balaban J connectivity index is 1.29. The summed E-state index contributed by atoms with van der Waals surface area (Å²) < 4.78 is 5.52. The van der Waals surface area contributed by atoms with Crippen LogP contribution < -0.4 is 4.74 Å². The predicted molar refractivity (Wildman–Crippen MR) is 103 cm³/mol. The third-order valence-electron chi connectivity index (χ3n) is 5.06. The number of ether oxygens (including phenoxy) is 1. The number of fused-ring (bicyclic) bond motifs is 1. The molecule has 2 aromatic rings. The van der Waals surface area contributed by atoms with Crippen LogP contribution in [0.5, 0.6) is 5.75 Å². The zero-order valence-electron chi connectivity index (χ0n) is 14.9. The molecule has 0 unspecified atom stereocenters. The molecular weight excluding hydrogens is 324 g/mol. The van der Waals surface area contributed by atoms with Crippen molar-refractivity contribution in [3.63, 3.8) is 0 Å². The van der Waals surface area contributed by atoms with Gasteiger partial charge >= 0.3 is 0 Å². The Morgan fingerprint density at radius 1 is 1.04 bits per heavy atom. The summed E-state index contributed by atoms with van der Waals surface area (Å²) in [5.41, 5.74) is 3.62. The number of nitrogens with zero attached hydrogens (tertiary/aromatic N) is 2. The van der Waals surface area contributed by atoms with E-state index in [4.69, 9.17) is 4.74 Å². The highest BCUT2D eigenvalue weighted by atomic mass is 16.5. The van der Waals surface area contributed by atoms with Crippen molar-refractivity contribution in [2.45, 2.75) is 13.0 Å². The van der Waals surface area contributed by atoms with Gasteiger partial charge in [0, 0.05) is 45.2 Å². The second kappa shape index (κ2) is 7.75. The molecular formula is C22H24N2O2. The van der Waals surface area contributed by atoms with Crippen molar-refractivity contribution in [2.75, 3.05) is 32.8 Å². The summed E-state index contributed by atoms with van der Waals surface area (Å²) in [5, 5.41) is 0. The quantitative estimate of drug-likeness (QED) is 0.797. The van der Waals surface area contributed by atoms with Crippen molar-refractivity contribution in [3.05, 3.63) is 71.3 Å². The van der Waals surface area contributed by atoms with E-state index in [0.717, 1.165) is 57.1 Å². The van der Waals surface area contributed by atoms with Crippen LogP contribution in [0.1, 0.15) is 16.7 Å². The number of hydrogen-bond acceptors (Lipinski definition) is 3. The minimum Gasteiger partial charge on any atom is -0.493 e. The van der Waals surface area contributed by atoms with Gasteiger partial charge in [-0.05, 0) is 34.9 Å². The first-order valence-electron chi connectivity index (χ1n) is 9.27. The van der Waals surface area contributed by atoms with E-state index in [2.05, 4.69) is 35.2 Å². The lowest BCUT2D eigenvalue weighted by Crippen LogP contribution is -2.47. The van der Waals surface area contributed by atoms with Crippen LogP contribution in [-0.4, -0.2) is 48.5 Å². The molecule has 1 fully saturated rings. The van der Waals surface area contributed by atoms with Gasteiger partial charge in [0.05, 0.1) is 6.61 Å². The Morgan fingerprint density at radius 3 is 2.65 bits per heavy atom. The Bertz CT molecular complexity index is 793. The fraction of sp³-hybridized carbons (Fsp3) is 0.318. The number of rotatable bonds is 4. The van der Waals surface area contributed by atoms with E-state index in [1.165, 1.54) is 11.1 Å². The van der Waals surface area contributed by atoms with E-state index in [0.29, 0.717) is 0 Å². The highest BCUT2D eigenvalue weighted by Crippen LogP contribution is 2.26. The molecule has 0 aromatic heterocycles. The second-order valence-electron chi connectivity index (χ2n) is 6.89. The maximum Gasteiger partial charge on any atom is 0.246 e. The Labute approximate surface area is 154 Å². The second-order valence-corrected chi connectivity index (χ2v) is 6.89. The van der Waals surface area contributed by atoms with Crippen LogP contribution in [-0.2, 0) is 17.8 Å². The summed E-state index contributed by atoms with van der Waals surface area (Å²) in [7, 11) is 0. The molecule has 4 rings (SSSR count). The van der Waals surface area contributed by atoms with Gasteiger partial charge in [0.1, 0.15) is 5.75 Å². The molecule has 2 aliphatic rings. The fourth-order valence-electron chi connectivity index (χ4n) is 3.55. The van der Waals surface area contributed by atoms with Crippen molar-refractivity contribution in [3.8, 4) is 5.75 Å². The molecule has 0 spiro atoms. The van der Waals surface area contributed by atoms with Crippen LogP contribution in [0.2, 0.25) is 0 Å². The average Bonchev–Trinajstić information content (AvgIpc) is 3.15. The summed E-state index contributed by atoms with van der Waals surface area (Å²) in [6, 6.07) is 16.6. The molecule has 2 aliphatic heterocycles. The van der Waals surface area contributed by atoms with Gasteiger partial charge in [-0.25, -0.2) is 0 Å². The molecule has 0 N–H and O–H groups in total. The molecule has 1 saturated heterocycles. The number of piperazine rings is 1. The lowest BCUT2D eigenvalue weighted by molar-refractivity contribution is -0.127. The normalized spacial score (nSPS) is 17.3. The van der Waals surface area contributed by atoms with Crippen LogP contribution in [0, 0.1) is 0 Å². The number of carbonyl (C=O) groups is 1. The van der Waals surface area contributed by atoms with E-state index in [-0.39, 0.29) is 5.91 Å². The zero-order chi connectivity index (χ0) is 17.8. The van der Waals surface area contributed by atoms with E-state index in [9.17, 15) is 4.79 Å². The molecule has 0 saturated carbocycles. The first-order valence-corrected chi connectivity index (χ1v) is 9.27. The van der Waals surface area contributed by atoms with Crippen molar-refractivity contribution in [2.24, 2.45) is 0 Å². The lowest BCUT2D eigenvalue weighted by atomic mass is 10.1. The molecule has 26 heavy (non-hydrogen) atoms. The Morgan fingerprint density at radius 2 is 1.85 bits per heavy atom.